The van der Waals surface area contributed by atoms with Crippen LogP contribution in [0.5, 0.6) is 0 Å². The summed E-state index contributed by atoms with van der Waals surface area (Å²) in [5.41, 5.74) is 1.04. The van der Waals surface area contributed by atoms with Gasteiger partial charge in [-0.1, -0.05) is 0 Å². The Bertz CT molecular complexity index is 619. The molecule has 1 aliphatic heterocycles. The van der Waals surface area contributed by atoms with E-state index < -0.39 is 0 Å². The summed E-state index contributed by atoms with van der Waals surface area (Å²) >= 11 is 0. The van der Waals surface area contributed by atoms with E-state index in [0.717, 1.165) is 0 Å². The highest BCUT2D eigenvalue weighted by Crippen LogP contribution is 2.09. The molecule has 0 bridgehead atoms. The molecule has 2 N–H and O–H groups in total. The number of nitrogens with zero attached hydrogens (tertiary/aromatic N) is 2. The zero-order valence-electron chi connectivity index (χ0n) is 12.3. The molecule has 0 aliphatic carbocycles. The molecule has 7 heteroatoms. The van der Waals surface area contributed by atoms with E-state index in [1.807, 2.05) is 0 Å². The summed E-state index contributed by atoms with van der Waals surface area (Å²) < 4.78 is 5.39. The number of pyridine rings is 2. The Kier molecular flexibility index (Phi) is 4.58. The summed E-state index contributed by atoms with van der Waals surface area (Å²) in [4.78, 5) is 32.1. The first kappa shape index (κ1) is 15.1. The van der Waals surface area contributed by atoms with Crippen molar-refractivity contribution in [1.29, 1.82) is 0 Å². The standard InChI is InChI=1S/C16H16N4O3/c21-15(11-1-5-17-6-2-11)19-13-9-23-10-14(13)20-16(22)12-3-7-18-8-4-12/h1-8,13-14H,9-10H2,(H,19,21)(H,20,22)/t13-,14+. The van der Waals surface area contributed by atoms with Gasteiger partial charge in [0.15, 0.2) is 0 Å². The summed E-state index contributed by atoms with van der Waals surface area (Å²) in [7, 11) is 0. The van der Waals surface area contributed by atoms with Gasteiger partial charge in [-0.05, 0) is 24.3 Å². The van der Waals surface area contributed by atoms with E-state index >= 15 is 0 Å². The lowest BCUT2D eigenvalue weighted by molar-refractivity contribution is 0.0896. The Morgan fingerprint density at radius 3 is 1.61 bits per heavy atom. The molecule has 3 rings (SSSR count). The van der Waals surface area contributed by atoms with Crippen molar-refractivity contribution in [3.8, 4) is 0 Å². The Balaban J connectivity index is 1.62. The average Bonchev–Trinajstić information content (AvgIpc) is 3.03. The molecule has 0 unspecified atom stereocenters. The van der Waals surface area contributed by atoms with Crippen LogP contribution in [-0.4, -0.2) is 47.1 Å². The third-order valence-electron chi connectivity index (χ3n) is 3.60. The molecule has 1 saturated heterocycles. The van der Waals surface area contributed by atoms with Crippen molar-refractivity contribution < 1.29 is 14.3 Å². The van der Waals surface area contributed by atoms with Gasteiger partial charge in [0, 0.05) is 35.9 Å². The van der Waals surface area contributed by atoms with Crippen LogP contribution in [0.15, 0.2) is 49.1 Å². The molecule has 2 amide bonds. The molecule has 7 nitrogen and oxygen atoms in total. The van der Waals surface area contributed by atoms with Gasteiger partial charge in [-0.2, -0.15) is 0 Å². The number of nitrogens with one attached hydrogen (secondary N) is 2. The van der Waals surface area contributed by atoms with Crippen LogP contribution in [0.2, 0.25) is 0 Å². The zero-order valence-corrected chi connectivity index (χ0v) is 12.3. The van der Waals surface area contributed by atoms with E-state index in [1.54, 1.807) is 49.1 Å². The van der Waals surface area contributed by atoms with Crippen LogP contribution in [0.1, 0.15) is 20.7 Å². The number of carbonyl (C=O) groups is 2. The number of hydrogen-bond donors (Lipinski definition) is 2. The summed E-state index contributed by atoms with van der Waals surface area (Å²) in [5, 5.41) is 5.77. The molecule has 118 valence electrons. The van der Waals surface area contributed by atoms with E-state index in [4.69, 9.17) is 4.74 Å². The maximum Gasteiger partial charge on any atom is 0.251 e. The van der Waals surface area contributed by atoms with Crippen LogP contribution in [0.3, 0.4) is 0 Å². The van der Waals surface area contributed by atoms with Gasteiger partial charge in [0.05, 0.1) is 25.3 Å². The average molecular weight is 312 g/mol. The van der Waals surface area contributed by atoms with Crippen molar-refractivity contribution in [3.05, 3.63) is 60.2 Å². The van der Waals surface area contributed by atoms with E-state index in [9.17, 15) is 9.59 Å². The Hall–Kier alpha value is -2.80. The topological polar surface area (TPSA) is 93.2 Å². The lowest BCUT2D eigenvalue weighted by Crippen LogP contribution is -2.51. The van der Waals surface area contributed by atoms with Crippen molar-refractivity contribution in [2.24, 2.45) is 0 Å². The molecule has 1 aliphatic rings. The minimum Gasteiger partial charge on any atom is -0.377 e. The van der Waals surface area contributed by atoms with Crippen LogP contribution in [0.25, 0.3) is 0 Å². The Labute approximate surface area is 133 Å². The summed E-state index contributed by atoms with van der Waals surface area (Å²) in [6.45, 7) is 0.718. The monoisotopic (exact) mass is 312 g/mol. The van der Waals surface area contributed by atoms with Crippen molar-refractivity contribution in [3.63, 3.8) is 0 Å². The number of aromatic nitrogens is 2. The van der Waals surface area contributed by atoms with Gasteiger partial charge in [-0.25, -0.2) is 0 Å². The Morgan fingerprint density at radius 1 is 0.826 bits per heavy atom. The second-order valence-corrected chi connectivity index (χ2v) is 5.17. The molecular formula is C16H16N4O3. The van der Waals surface area contributed by atoms with E-state index in [-0.39, 0.29) is 23.9 Å². The molecule has 0 spiro atoms. The fourth-order valence-electron chi connectivity index (χ4n) is 2.35. The van der Waals surface area contributed by atoms with Gasteiger partial charge in [0.25, 0.3) is 11.8 Å². The lowest BCUT2D eigenvalue weighted by Gasteiger charge is -2.20. The highest BCUT2D eigenvalue weighted by Gasteiger charge is 2.31. The number of carbonyl (C=O) groups excluding carboxylic acids is 2. The number of rotatable bonds is 4. The number of amides is 2. The van der Waals surface area contributed by atoms with E-state index in [0.29, 0.717) is 24.3 Å². The third-order valence-corrected chi connectivity index (χ3v) is 3.60. The van der Waals surface area contributed by atoms with Gasteiger partial charge in [0.2, 0.25) is 0 Å². The lowest BCUT2D eigenvalue weighted by atomic mass is 10.1. The molecule has 2 aromatic heterocycles. The van der Waals surface area contributed by atoms with Gasteiger partial charge in [-0.15, -0.1) is 0 Å². The molecule has 2 aromatic rings. The molecule has 2 atom stereocenters. The van der Waals surface area contributed by atoms with Crippen molar-refractivity contribution >= 4 is 11.8 Å². The van der Waals surface area contributed by atoms with Crippen molar-refractivity contribution in [2.75, 3.05) is 13.2 Å². The SMILES string of the molecule is O=C(N[C@H]1COC[C@H]1NC(=O)c1ccncc1)c1ccncc1. The second-order valence-electron chi connectivity index (χ2n) is 5.17. The fraction of sp³-hybridized carbons (Fsp3) is 0.250. The normalized spacial score (nSPS) is 20.0. The summed E-state index contributed by atoms with van der Waals surface area (Å²) in [6, 6.07) is 5.99. The minimum absolute atomic E-state index is 0.217. The van der Waals surface area contributed by atoms with Crippen molar-refractivity contribution in [1.82, 2.24) is 20.6 Å². The van der Waals surface area contributed by atoms with E-state index in [2.05, 4.69) is 20.6 Å². The highest BCUT2D eigenvalue weighted by atomic mass is 16.5. The maximum absolute atomic E-state index is 12.2. The largest absolute Gasteiger partial charge is 0.377 e. The van der Waals surface area contributed by atoms with Gasteiger partial charge in [-0.3, -0.25) is 19.6 Å². The first-order chi connectivity index (χ1) is 11.2. The Morgan fingerprint density at radius 2 is 1.22 bits per heavy atom. The smallest absolute Gasteiger partial charge is 0.251 e. The van der Waals surface area contributed by atoms with Crippen LogP contribution in [-0.2, 0) is 4.74 Å². The van der Waals surface area contributed by atoms with Crippen LogP contribution in [0, 0.1) is 0 Å². The molecular weight excluding hydrogens is 296 g/mol. The molecule has 0 aromatic carbocycles. The quantitative estimate of drug-likeness (QED) is 0.852. The number of hydrogen-bond acceptors (Lipinski definition) is 5. The fourth-order valence-corrected chi connectivity index (χ4v) is 2.35. The summed E-state index contributed by atoms with van der Waals surface area (Å²) in [6.07, 6.45) is 6.23. The predicted octanol–water partition coefficient (Wildman–Crippen LogP) is 0.404. The zero-order chi connectivity index (χ0) is 16.1. The summed E-state index contributed by atoms with van der Waals surface area (Å²) in [5.74, 6) is -0.433. The third kappa shape index (κ3) is 3.70. The van der Waals surface area contributed by atoms with Crippen LogP contribution >= 0.6 is 0 Å². The second kappa shape index (κ2) is 6.97. The minimum atomic E-state index is -0.276. The molecule has 23 heavy (non-hydrogen) atoms. The van der Waals surface area contributed by atoms with Gasteiger partial charge in [0.1, 0.15) is 0 Å². The molecule has 0 saturated carbocycles. The first-order valence-electron chi connectivity index (χ1n) is 7.23. The van der Waals surface area contributed by atoms with Gasteiger partial charge < -0.3 is 15.4 Å². The first-order valence-corrected chi connectivity index (χ1v) is 7.23. The molecule has 0 radical (unpaired) electrons. The predicted molar refractivity (Wildman–Crippen MR) is 81.8 cm³/mol. The highest BCUT2D eigenvalue weighted by molar-refractivity contribution is 5.95. The maximum atomic E-state index is 12.2. The number of ether oxygens (including phenoxy) is 1. The van der Waals surface area contributed by atoms with Crippen molar-refractivity contribution in [2.45, 2.75) is 12.1 Å². The van der Waals surface area contributed by atoms with Gasteiger partial charge >= 0.3 is 0 Å². The molecule has 1 fully saturated rings. The van der Waals surface area contributed by atoms with E-state index in [1.165, 1.54) is 0 Å². The van der Waals surface area contributed by atoms with Crippen LogP contribution in [0.4, 0.5) is 0 Å². The van der Waals surface area contributed by atoms with Crippen LogP contribution < -0.4 is 10.6 Å². The molecule has 3 heterocycles.